The minimum atomic E-state index is -0.654. The van der Waals surface area contributed by atoms with Gasteiger partial charge in [-0.25, -0.2) is 9.37 Å². The van der Waals surface area contributed by atoms with E-state index in [-0.39, 0.29) is 30.2 Å². The van der Waals surface area contributed by atoms with E-state index in [1.54, 1.807) is 41.3 Å². The molecule has 0 radical (unpaired) electrons. The number of nitrogens with one attached hydrogen (secondary N) is 2. The molecule has 0 unspecified atom stereocenters. The fourth-order valence-electron chi connectivity index (χ4n) is 5.07. The number of carbonyl (C=O) groups is 2. The lowest BCUT2D eigenvalue weighted by molar-refractivity contribution is -0.136. The van der Waals surface area contributed by atoms with E-state index in [0.29, 0.717) is 60.7 Å². The van der Waals surface area contributed by atoms with Crippen LogP contribution in [0.15, 0.2) is 60.7 Å². The number of amides is 2. The number of carbonyl (C=O) groups excluding carboxylic acids is 2. The Bertz CT molecular complexity index is 1410. The molecular weight excluding hydrogens is 521 g/mol. The van der Waals surface area contributed by atoms with Crippen molar-refractivity contribution in [3.63, 3.8) is 0 Å². The molecule has 2 heterocycles. The van der Waals surface area contributed by atoms with Crippen molar-refractivity contribution in [2.75, 3.05) is 31.5 Å². The molecule has 1 saturated heterocycles. The Kier molecular flexibility index (Phi) is 10.4. The fraction of sp³-hybridized carbons (Fsp3) is 0.355. The SMILES string of the molecule is N#Cc1ccccc1-c1ccc(C(=O)NC[C@H]2CCCCN2C(=O)[C@H](N)CCN)c(NCCc2cccc(F)c2)n1. The quantitative estimate of drug-likeness (QED) is 0.283. The zero-order chi connectivity index (χ0) is 29.2. The molecule has 1 aromatic heterocycles. The van der Waals surface area contributed by atoms with Crippen LogP contribution in [0.5, 0.6) is 0 Å². The van der Waals surface area contributed by atoms with Crippen molar-refractivity contribution in [3.8, 4) is 17.3 Å². The Balaban J connectivity index is 1.53. The summed E-state index contributed by atoms with van der Waals surface area (Å²) in [7, 11) is 0. The topological polar surface area (TPSA) is 150 Å². The number of anilines is 1. The molecule has 3 aromatic rings. The normalized spacial score (nSPS) is 15.6. The van der Waals surface area contributed by atoms with Crippen molar-refractivity contribution in [2.24, 2.45) is 11.5 Å². The molecule has 2 amide bonds. The molecule has 41 heavy (non-hydrogen) atoms. The largest absolute Gasteiger partial charge is 0.369 e. The molecule has 0 aliphatic carbocycles. The van der Waals surface area contributed by atoms with Gasteiger partial charge in [-0.1, -0.05) is 30.3 Å². The third-order valence-corrected chi connectivity index (χ3v) is 7.26. The summed E-state index contributed by atoms with van der Waals surface area (Å²) >= 11 is 0. The van der Waals surface area contributed by atoms with Gasteiger partial charge in [0, 0.05) is 31.2 Å². The minimum Gasteiger partial charge on any atom is -0.369 e. The van der Waals surface area contributed by atoms with Crippen LogP contribution in [0.3, 0.4) is 0 Å². The number of halogens is 1. The number of pyridine rings is 1. The average molecular weight is 558 g/mol. The first-order valence-corrected chi connectivity index (χ1v) is 13.9. The number of hydrogen-bond donors (Lipinski definition) is 4. The third kappa shape index (κ3) is 7.66. The number of benzene rings is 2. The maximum atomic E-state index is 13.6. The lowest BCUT2D eigenvalue weighted by Gasteiger charge is -2.37. The molecule has 10 heteroatoms. The van der Waals surface area contributed by atoms with E-state index >= 15 is 0 Å². The zero-order valence-corrected chi connectivity index (χ0v) is 23.0. The lowest BCUT2D eigenvalue weighted by Crippen LogP contribution is -2.54. The highest BCUT2D eigenvalue weighted by molar-refractivity contribution is 5.99. The summed E-state index contributed by atoms with van der Waals surface area (Å²) in [6, 6.07) is 18.2. The van der Waals surface area contributed by atoms with Crippen molar-refractivity contribution >= 4 is 17.6 Å². The van der Waals surface area contributed by atoms with Crippen LogP contribution >= 0.6 is 0 Å². The molecule has 6 N–H and O–H groups in total. The minimum absolute atomic E-state index is 0.142. The van der Waals surface area contributed by atoms with E-state index in [2.05, 4.69) is 16.7 Å². The summed E-state index contributed by atoms with van der Waals surface area (Å²) in [4.78, 5) is 32.8. The molecule has 0 bridgehead atoms. The number of nitriles is 1. The molecule has 0 spiro atoms. The van der Waals surface area contributed by atoms with Gasteiger partial charge in [-0.05, 0) is 74.5 Å². The van der Waals surface area contributed by atoms with E-state index < -0.39 is 6.04 Å². The van der Waals surface area contributed by atoms with Crippen molar-refractivity contribution in [1.29, 1.82) is 5.26 Å². The molecular formula is C31H36FN7O2. The van der Waals surface area contributed by atoms with E-state index in [4.69, 9.17) is 16.5 Å². The second-order valence-corrected chi connectivity index (χ2v) is 10.1. The summed E-state index contributed by atoms with van der Waals surface area (Å²) in [5.41, 5.74) is 14.5. The van der Waals surface area contributed by atoms with Crippen molar-refractivity contribution in [2.45, 2.75) is 44.2 Å². The number of nitrogens with zero attached hydrogens (tertiary/aromatic N) is 3. The van der Waals surface area contributed by atoms with E-state index in [1.807, 2.05) is 12.1 Å². The smallest absolute Gasteiger partial charge is 0.255 e. The highest BCUT2D eigenvalue weighted by atomic mass is 19.1. The summed E-state index contributed by atoms with van der Waals surface area (Å²) in [5.74, 6) is -0.438. The monoisotopic (exact) mass is 557 g/mol. The van der Waals surface area contributed by atoms with E-state index in [9.17, 15) is 19.2 Å². The van der Waals surface area contributed by atoms with Gasteiger partial charge >= 0.3 is 0 Å². The van der Waals surface area contributed by atoms with E-state index in [0.717, 1.165) is 24.8 Å². The van der Waals surface area contributed by atoms with Crippen molar-refractivity contribution in [3.05, 3.63) is 83.2 Å². The van der Waals surface area contributed by atoms with Crippen LogP contribution in [0.25, 0.3) is 11.3 Å². The van der Waals surface area contributed by atoms with Crippen molar-refractivity contribution < 1.29 is 14.0 Å². The maximum absolute atomic E-state index is 13.6. The summed E-state index contributed by atoms with van der Waals surface area (Å²) in [5, 5.41) is 15.8. The molecule has 214 valence electrons. The van der Waals surface area contributed by atoms with Gasteiger partial charge in [-0.2, -0.15) is 5.26 Å². The number of piperidine rings is 1. The number of hydrogen-bond acceptors (Lipinski definition) is 7. The van der Waals surface area contributed by atoms with Crippen LogP contribution in [-0.4, -0.2) is 60.0 Å². The second kappa shape index (κ2) is 14.3. The van der Waals surface area contributed by atoms with Gasteiger partial charge in [0.15, 0.2) is 0 Å². The zero-order valence-electron chi connectivity index (χ0n) is 23.0. The van der Waals surface area contributed by atoms with Crippen LogP contribution in [0.1, 0.15) is 47.2 Å². The highest BCUT2D eigenvalue weighted by Crippen LogP contribution is 2.25. The third-order valence-electron chi connectivity index (χ3n) is 7.26. The summed E-state index contributed by atoms with van der Waals surface area (Å²) < 4.78 is 13.6. The molecule has 2 aromatic carbocycles. The predicted octanol–water partition coefficient (Wildman–Crippen LogP) is 3.20. The van der Waals surface area contributed by atoms with Crippen LogP contribution < -0.4 is 22.1 Å². The van der Waals surface area contributed by atoms with Gasteiger partial charge in [0.05, 0.1) is 28.9 Å². The van der Waals surface area contributed by atoms with Gasteiger partial charge in [0.25, 0.3) is 5.91 Å². The first kappa shape index (κ1) is 29.6. The van der Waals surface area contributed by atoms with Gasteiger partial charge < -0.3 is 27.0 Å². The number of aromatic nitrogens is 1. The van der Waals surface area contributed by atoms with Gasteiger partial charge in [-0.15, -0.1) is 0 Å². The maximum Gasteiger partial charge on any atom is 0.255 e. The first-order chi connectivity index (χ1) is 19.9. The van der Waals surface area contributed by atoms with Crippen LogP contribution in [0.2, 0.25) is 0 Å². The van der Waals surface area contributed by atoms with Gasteiger partial charge in [0.1, 0.15) is 11.6 Å². The highest BCUT2D eigenvalue weighted by Gasteiger charge is 2.30. The Morgan fingerprint density at radius 2 is 1.98 bits per heavy atom. The van der Waals surface area contributed by atoms with Crippen LogP contribution in [-0.2, 0) is 11.2 Å². The Morgan fingerprint density at radius 3 is 2.76 bits per heavy atom. The number of rotatable bonds is 11. The van der Waals surface area contributed by atoms with E-state index in [1.165, 1.54) is 12.1 Å². The molecule has 2 atom stereocenters. The van der Waals surface area contributed by atoms with Crippen LogP contribution in [0.4, 0.5) is 10.2 Å². The molecule has 1 fully saturated rings. The van der Waals surface area contributed by atoms with Gasteiger partial charge in [-0.3, -0.25) is 9.59 Å². The number of nitrogens with two attached hydrogens (primary N) is 2. The molecule has 1 aliphatic rings. The van der Waals surface area contributed by atoms with Crippen molar-refractivity contribution in [1.82, 2.24) is 15.2 Å². The fourth-order valence-corrected chi connectivity index (χ4v) is 5.07. The van der Waals surface area contributed by atoms with Crippen LogP contribution in [0, 0.1) is 17.1 Å². The molecule has 0 saturated carbocycles. The Labute approximate surface area is 239 Å². The average Bonchev–Trinajstić information content (AvgIpc) is 2.99. The lowest BCUT2D eigenvalue weighted by atomic mass is 10.00. The summed E-state index contributed by atoms with van der Waals surface area (Å²) in [6.45, 7) is 1.61. The summed E-state index contributed by atoms with van der Waals surface area (Å²) in [6.07, 6.45) is 3.54. The Morgan fingerprint density at radius 1 is 1.15 bits per heavy atom. The standard InChI is InChI=1S/C31H36FN7O2/c32-23-8-5-6-21(18-23)14-16-36-29-26(11-12-28(38-29)25-10-2-1-7-22(25)19-34)30(40)37-20-24-9-3-4-17-39(24)31(41)27(35)13-15-33/h1-2,5-8,10-12,18,24,27H,3-4,9,13-17,20,33,35H2,(H,36,38)(H,37,40)/t24-,27-/m1/s1. The molecule has 9 nitrogen and oxygen atoms in total. The second-order valence-electron chi connectivity index (χ2n) is 10.1. The predicted molar refractivity (Wildman–Crippen MR) is 156 cm³/mol. The van der Waals surface area contributed by atoms with Gasteiger partial charge in [0.2, 0.25) is 5.91 Å². The molecule has 1 aliphatic heterocycles. The number of likely N-dealkylation sites (tertiary alicyclic amines) is 1. The molecule has 4 rings (SSSR count). The first-order valence-electron chi connectivity index (χ1n) is 13.9. The Hall–Kier alpha value is -4.33.